The molecule has 40 heavy (non-hydrogen) atoms. The van der Waals surface area contributed by atoms with E-state index in [1.165, 1.54) is 4.90 Å². The van der Waals surface area contributed by atoms with Crippen molar-refractivity contribution in [1.29, 1.82) is 0 Å². The van der Waals surface area contributed by atoms with Gasteiger partial charge in [-0.1, -0.05) is 52.0 Å². The van der Waals surface area contributed by atoms with E-state index in [0.29, 0.717) is 34.2 Å². The van der Waals surface area contributed by atoms with E-state index in [0.717, 1.165) is 16.7 Å². The Morgan fingerprint density at radius 2 is 1.50 bits per heavy atom. The first kappa shape index (κ1) is 28.9. The molecule has 6 nitrogen and oxygen atoms in total. The summed E-state index contributed by atoms with van der Waals surface area (Å²) in [6.45, 7) is 14.0. The molecule has 1 unspecified atom stereocenters. The van der Waals surface area contributed by atoms with Crippen LogP contribution in [0.4, 0.5) is 5.69 Å². The van der Waals surface area contributed by atoms with Crippen LogP contribution in [0.3, 0.4) is 0 Å². The molecule has 1 amide bonds. The number of carbonyl (C=O) groups is 2. The highest BCUT2D eigenvalue weighted by atomic mass is 16.5. The Morgan fingerprint density at radius 3 is 2.02 bits per heavy atom. The first-order chi connectivity index (χ1) is 18.9. The number of aliphatic hydroxyl groups excluding tert-OH is 1. The molecule has 1 atom stereocenters. The Morgan fingerprint density at radius 1 is 0.875 bits per heavy atom. The third-order valence-electron chi connectivity index (χ3n) is 7.30. The predicted molar refractivity (Wildman–Crippen MR) is 159 cm³/mol. The number of ether oxygens (including phenoxy) is 2. The summed E-state index contributed by atoms with van der Waals surface area (Å²) in [6.07, 6.45) is 0.00385. The van der Waals surface area contributed by atoms with Crippen molar-refractivity contribution in [2.75, 3.05) is 12.0 Å². The van der Waals surface area contributed by atoms with E-state index < -0.39 is 17.7 Å². The van der Waals surface area contributed by atoms with Gasteiger partial charge in [0.1, 0.15) is 17.3 Å². The molecule has 6 heteroatoms. The van der Waals surface area contributed by atoms with Crippen molar-refractivity contribution >= 4 is 23.1 Å². The maximum atomic E-state index is 13.7. The number of aryl methyl sites for hydroxylation is 1. The zero-order chi connectivity index (χ0) is 29.3. The normalized spacial score (nSPS) is 16.9. The zero-order valence-corrected chi connectivity index (χ0v) is 24.6. The average Bonchev–Trinajstić information content (AvgIpc) is 3.18. The van der Waals surface area contributed by atoms with E-state index in [4.69, 9.17) is 9.47 Å². The molecule has 1 N–H and O–H groups in total. The van der Waals surface area contributed by atoms with Gasteiger partial charge in [-0.25, -0.2) is 0 Å². The van der Waals surface area contributed by atoms with E-state index in [9.17, 15) is 14.7 Å². The molecule has 0 spiro atoms. The summed E-state index contributed by atoms with van der Waals surface area (Å²) in [5.74, 6) is 0.238. The number of nitrogens with zero attached hydrogens (tertiary/aromatic N) is 1. The molecule has 0 saturated carbocycles. The number of aliphatic hydroxyl groups is 1. The minimum Gasteiger partial charge on any atom is -0.507 e. The second kappa shape index (κ2) is 11.6. The summed E-state index contributed by atoms with van der Waals surface area (Å²) >= 11 is 0. The molecule has 0 bridgehead atoms. The number of anilines is 1. The Labute approximate surface area is 237 Å². The van der Waals surface area contributed by atoms with Gasteiger partial charge in [-0.15, -0.1) is 0 Å². The number of ketones is 1. The van der Waals surface area contributed by atoms with Gasteiger partial charge in [-0.3, -0.25) is 14.5 Å². The SMILES string of the molecule is COc1cc(C)c(/C(O)=C2\C(=O)C(=O)N(c3ccc(C(C)C)cc3)C2c2ccc(OC(C)C)cc2)cc1C(C)C. The highest BCUT2D eigenvalue weighted by Crippen LogP contribution is 2.44. The van der Waals surface area contributed by atoms with Crippen LogP contribution < -0.4 is 14.4 Å². The van der Waals surface area contributed by atoms with Crippen LogP contribution in [-0.4, -0.2) is 30.0 Å². The predicted octanol–water partition coefficient (Wildman–Crippen LogP) is 7.66. The number of amides is 1. The first-order valence-corrected chi connectivity index (χ1v) is 13.8. The van der Waals surface area contributed by atoms with Crippen molar-refractivity contribution in [2.45, 2.75) is 72.4 Å². The minimum absolute atomic E-state index is 0.00385. The number of carbonyl (C=O) groups excluding carboxylic acids is 2. The smallest absolute Gasteiger partial charge is 0.300 e. The van der Waals surface area contributed by atoms with Crippen molar-refractivity contribution in [1.82, 2.24) is 0 Å². The van der Waals surface area contributed by atoms with Crippen molar-refractivity contribution < 1.29 is 24.2 Å². The molecule has 0 radical (unpaired) electrons. The molecule has 1 heterocycles. The lowest BCUT2D eigenvalue weighted by atomic mass is 9.91. The van der Waals surface area contributed by atoms with Crippen LogP contribution >= 0.6 is 0 Å². The second-order valence-corrected chi connectivity index (χ2v) is 11.2. The maximum absolute atomic E-state index is 13.7. The van der Waals surface area contributed by atoms with Gasteiger partial charge in [-0.2, -0.15) is 0 Å². The van der Waals surface area contributed by atoms with Crippen LogP contribution in [0.25, 0.3) is 5.76 Å². The Kier molecular flexibility index (Phi) is 8.38. The number of hydrogen-bond acceptors (Lipinski definition) is 5. The number of rotatable bonds is 8. The van der Waals surface area contributed by atoms with Gasteiger partial charge in [0.25, 0.3) is 11.7 Å². The molecule has 4 rings (SSSR count). The Hall–Kier alpha value is -4.06. The summed E-state index contributed by atoms with van der Waals surface area (Å²) in [5, 5.41) is 11.8. The number of benzene rings is 3. The molecule has 0 aromatic heterocycles. The molecule has 1 aliphatic heterocycles. The monoisotopic (exact) mass is 541 g/mol. The van der Waals surface area contributed by atoms with Crippen molar-refractivity contribution in [2.24, 2.45) is 0 Å². The summed E-state index contributed by atoms with van der Waals surface area (Å²) in [7, 11) is 1.61. The van der Waals surface area contributed by atoms with Crippen LogP contribution in [-0.2, 0) is 9.59 Å². The van der Waals surface area contributed by atoms with E-state index >= 15 is 0 Å². The molecule has 1 fully saturated rings. The van der Waals surface area contributed by atoms with Gasteiger partial charge in [0, 0.05) is 11.3 Å². The van der Waals surface area contributed by atoms with Gasteiger partial charge >= 0.3 is 0 Å². The highest BCUT2D eigenvalue weighted by molar-refractivity contribution is 6.51. The number of methoxy groups -OCH3 is 1. The van der Waals surface area contributed by atoms with E-state index in [2.05, 4.69) is 13.8 Å². The fourth-order valence-electron chi connectivity index (χ4n) is 5.16. The van der Waals surface area contributed by atoms with Crippen molar-refractivity contribution in [3.05, 3.63) is 94.1 Å². The molecule has 3 aromatic carbocycles. The van der Waals surface area contributed by atoms with Gasteiger partial charge in [0.05, 0.1) is 24.8 Å². The average molecular weight is 542 g/mol. The lowest BCUT2D eigenvalue weighted by molar-refractivity contribution is -0.132. The lowest BCUT2D eigenvalue weighted by Gasteiger charge is -2.26. The van der Waals surface area contributed by atoms with E-state index in [1.807, 2.05) is 95.3 Å². The van der Waals surface area contributed by atoms with Gasteiger partial charge in [0.15, 0.2) is 0 Å². The van der Waals surface area contributed by atoms with E-state index in [1.54, 1.807) is 7.11 Å². The molecule has 3 aromatic rings. The standard InChI is InChI=1S/C34H39NO5/c1-19(2)23-9-13-25(14-10-23)35-31(24-11-15-26(16-12-24)40-21(5)6)30(33(37)34(35)38)32(36)28-18-27(20(3)4)29(39-8)17-22(28)7/h9-21,31,36H,1-8H3/b32-30+. The summed E-state index contributed by atoms with van der Waals surface area (Å²) < 4.78 is 11.4. The minimum atomic E-state index is -0.818. The van der Waals surface area contributed by atoms with Crippen molar-refractivity contribution in [3.63, 3.8) is 0 Å². The number of Topliss-reactive ketones (excluding diaryl/α,β-unsaturated/α-hetero) is 1. The molecule has 1 aliphatic rings. The van der Waals surface area contributed by atoms with Gasteiger partial charge in [0.2, 0.25) is 0 Å². The third-order valence-corrected chi connectivity index (χ3v) is 7.30. The van der Waals surface area contributed by atoms with Crippen molar-refractivity contribution in [3.8, 4) is 11.5 Å². The van der Waals surface area contributed by atoms with Crippen LogP contribution in [0.15, 0.2) is 66.2 Å². The highest BCUT2D eigenvalue weighted by Gasteiger charge is 2.47. The Bertz CT molecular complexity index is 1430. The third kappa shape index (κ3) is 5.48. The van der Waals surface area contributed by atoms with Crippen LogP contribution in [0.5, 0.6) is 11.5 Å². The van der Waals surface area contributed by atoms with Crippen LogP contribution in [0.1, 0.15) is 87.2 Å². The molecule has 0 aliphatic carbocycles. The van der Waals surface area contributed by atoms with Gasteiger partial charge in [-0.05, 0) is 91.3 Å². The van der Waals surface area contributed by atoms with Crippen LogP contribution in [0.2, 0.25) is 0 Å². The largest absolute Gasteiger partial charge is 0.507 e. The molecular weight excluding hydrogens is 502 g/mol. The quantitative estimate of drug-likeness (QED) is 0.180. The lowest BCUT2D eigenvalue weighted by Crippen LogP contribution is -2.29. The number of hydrogen-bond donors (Lipinski definition) is 1. The Balaban J connectivity index is 1.93. The molecule has 1 saturated heterocycles. The topological polar surface area (TPSA) is 76.1 Å². The molecular formula is C34H39NO5. The maximum Gasteiger partial charge on any atom is 0.300 e. The van der Waals surface area contributed by atoms with Gasteiger partial charge < -0.3 is 14.6 Å². The zero-order valence-electron chi connectivity index (χ0n) is 24.6. The summed E-state index contributed by atoms with van der Waals surface area (Å²) in [6, 6.07) is 17.9. The molecule has 210 valence electrons. The van der Waals surface area contributed by atoms with E-state index in [-0.39, 0.29) is 23.4 Å². The van der Waals surface area contributed by atoms with Crippen LogP contribution in [0, 0.1) is 6.92 Å². The second-order valence-electron chi connectivity index (χ2n) is 11.2. The fraction of sp³-hybridized carbons (Fsp3) is 0.353. The summed E-state index contributed by atoms with van der Waals surface area (Å²) in [5.41, 5.74) is 4.61. The fourth-order valence-corrected chi connectivity index (χ4v) is 5.16. The summed E-state index contributed by atoms with van der Waals surface area (Å²) in [4.78, 5) is 28.8. The first-order valence-electron chi connectivity index (χ1n) is 13.8.